The molecule has 8 nitrogen and oxygen atoms in total. The van der Waals surface area contributed by atoms with Crippen LogP contribution in [0, 0.1) is 10.8 Å². The van der Waals surface area contributed by atoms with E-state index >= 15 is 0 Å². The number of ether oxygens (including phenoxy) is 2. The summed E-state index contributed by atoms with van der Waals surface area (Å²) in [6.45, 7) is 2.60. The van der Waals surface area contributed by atoms with E-state index in [9.17, 15) is 0 Å². The van der Waals surface area contributed by atoms with E-state index in [1.54, 1.807) is 0 Å². The van der Waals surface area contributed by atoms with Gasteiger partial charge < -0.3 is 31.2 Å². The van der Waals surface area contributed by atoms with Gasteiger partial charge in [0.15, 0.2) is 23.4 Å². The van der Waals surface area contributed by atoms with Crippen molar-refractivity contribution in [3.63, 3.8) is 0 Å². The van der Waals surface area contributed by atoms with E-state index < -0.39 is 0 Å². The Kier molecular flexibility index (Phi) is 6.21. The maximum atomic E-state index is 7.33. The van der Waals surface area contributed by atoms with Crippen LogP contribution in [0.5, 0.6) is 11.5 Å². The Morgan fingerprint density at radius 1 is 1.04 bits per heavy atom. The number of nitrogens with two attached hydrogens (primary N) is 2. The summed E-state index contributed by atoms with van der Waals surface area (Å²) in [5.74, 6) is 1.61. The zero-order valence-electron chi connectivity index (χ0n) is 15.7. The Hall–Kier alpha value is -3.42. The number of guanidine groups is 2. The average Bonchev–Trinajstić information content (AvgIpc) is 2.72. The standard InChI is InChI=1S/C10H13N3O2.C10H13N3/c11-10(12)13-5-7-6-14-8-3-1-2-4-9(8)15-7;11-10(12)13-6-5-8-3-1-2-4-9(8)7-13/h1-4,7H,5-6H2,(H4,11,12,13);1-4H,5-7H2,(H3,11,12). The van der Waals surface area contributed by atoms with Crippen LogP contribution in [0.3, 0.4) is 0 Å². The van der Waals surface area contributed by atoms with Gasteiger partial charge in [-0.2, -0.15) is 0 Å². The number of rotatable bonds is 2. The van der Waals surface area contributed by atoms with Gasteiger partial charge in [0.05, 0.1) is 6.54 Å². The highest BCUT2D eigenvalue weighted by atomic mass is 16.6. The highest BCUT2D eigenvalue weighted by molar-refractivity contribution is 5.75. The molecule has 0 saturated heterocycles. The number of nitrogens with one attached hydrogen (secondary N) is 3. The summed E-state index contributed by atoms with van der Waals surface area (Å²) >= 11 is 0. The van der Waals surface area contributed by atoms with Crippen molar-refractivity contribution in [1.29, 1.82) is 10.8 Å². The van der Waals surface area contributed by atoms with E-state index in [1.165, 1.54) is 11.1 Å². The first-order chi connectivity index (χ1) is 13.5. The van der Waals surface area contributed by atoms with E-state index in [0.29, 0.717) is 13.2 Å². The molecule has 1 atom stereocenters. The second-order valence-corrected chi connectivity index (χ2v) is 6.62. The first-order valence-corrected chi connectivity index (χ1v) is 9.15. The minimum Gasteiger partial charge on any atom is -0.486 e. The van der Waals surface area contributed by atoms with E-state index in [0.717, 1.165) is 31.0 Å². The van der Waals surface area contributed by atoms with Crippen LogP contribution in [0.15, 0.2) is 48.5 Å². The average molecular weight is 382 g/mol. The van der Waals surface area contributed by atoms with Crippen LogP contribution in [-0.2, 0) is 13.0 Å². The largest absolute Gasteiger partial charge is 0.486 e. The Bertz CT molecular complexity index is 841. The maximum Gasteiger partial charge on any atom is 0.188 e. The van der Waals surface area contributed by atoms with Crippen molar-refractivity contribution in [2.75, 3.05) is 19.7 Å². The molecule has 0 amide bonds. The molecule has 8 heteroatoms. The van der Waals surface area contributed by atoms with Gasteiger partial charge in [0.2, 0.25) is 0 Å². The van der Waals surface area contributed by atoms with E-state index in [1.807, 2.05) is 35.2 Å². The van der Waals surface area contributed by atoms with Crippen molar-refractivity contribution in [3.8, 4) is 11.5 Å². The van der Waals surface area contributed by atoms with Gasteiger partial charge >= 0.3 is 0 Å². The molecule has 0 bridgehead atoms. The first-order valence-electron chi connectivity index (χ1n) is 9.15. The second-order valence-electron chi connectivity index (χ2n) is 6.62. The van der Waals surface area contributed by atoms with Crippen LogP contribution < -0.4 is 26.3 Å². The van der Waals surface area contributed by atoms with Gasteiger partial charge in [0, 0.05) is 13.1 Å². The van der Waals surface area contributed by atoms with Gasteiger partial charge in [0.1, 0.15) is 12.7 Å². The summed E-state index contributed by atoms with van der Waals surface area (Å²) in [7, 11) is 0. The van der Waals surface area contributed by atoms with Gasteiger partial charge in [-0.1, -0.05) is 36.4 Å². The number of nitrogens with zero attached hydrogens (tertiary/aromatic N) is 1. The Morgan fingerprint density at radius 2 is 1.71 bits per heavy atom. The number of para-hydroxylation sites is 2. The lowest BCUT2D eigenvalue weighted by Crippen LogP contribution is -2.42. The van der Waals surface area contributed by atoms with E-state index in [2.05, 4.69) is 23.5 Å². The molecular formula is C20H26N6O2. The van der Waals surface area contributed by atoms with Crippen molar-refractivity contribution in [2.45, 2.75) is 19.1 Å². The summed E-state index contributed by atoms with van der Waals surface area (Å²) < 4.78 is 11.1. The second kappa shape index (κ2) is 8.98. The quantitative estimate of drug-likeness (QED) is 0.392. The Balaban J connectivity index is 0.000000162. The molecule has 2 aromatic rings. The first kappa shape index (κ1) is 19.3. The Morgan fingerprint density at radius 3 is 2.43 bits per heavy atom. The Labute approximate surface area is 164 Å². The van der Waals surface area contributed by atoms with Crippen LogP contribution >= 0.6 is 0 Å². The molecule has 2 heterocycles. The molecule has 0 fully saturated rings. The highest BCUT2D eigenvalue weighted by Gasteiger charge is 2.20. The number of benzene rings is 2. The van der Waals surface area contributed by atoms with Gasteiger partial charge in [-0.3, -0.25) is 10.8 Å². The lowest BCUT2D eigenvalue weighted by molar-refractivity contribution is 0.0937. The fourth-order valence-corrected chi connectivity index (χ4v) is 3.09. The number of hydrogen-bond acceptors (Lipinski definition) is 4. The van der Waals surface area contributed by atoms with Crippen LogP contribution in [0.2, 0.25) is 0 Å². The third-order valence-corrected chi connectivity index (χ3v) is 4.56. The summed E-state index contributed by atoms with van der Waals surface area (Å²) in [4.78, 5) is 1.89. The molecule has 7 N–H and O–H groups in total. The van der Waals surface area contributed by atoms with Crippen LogP contribution in [-0.4, -0.2) is 42.6 Å². The molecule has 0 radical (unpaired) electrons. The van der Waals surface area contributed by atoms with Gasteiger partial charge in [-0.05, 0) is 29.7 Å². The number of fused-ring (bicyclic) bond motifs is 2. The molecule has 4 rings (SSSR count). The topological polar surface area (TPSA) is 133 Å². The van der Waals surface area contributed by atoms with Crippen molar-refractivity contribution < 1.29 is 9.47 Å². The van der Waals surface area contributed by atoms with Crippen molar-refractivity contribution in [1.82, 2.24) is 10.2 Å². The minimum atomic E-state index is -0.108. The van der Waals surface area contributed by atoms with E-state index in [4.69, 9.17) is 31.8 Å². The predicted octanol–water partition coefficient (Wildman–Crippen LogP) is 1.25. The molecule has 0 saturated carbocycles. The zero-order chi connectivity index (χ0) is 19.9. The molecule has 2 aliphatic heterocycles. The molecular weight excluding hydrogens is 356 g/mol. The number of hydrogen-bond donors (Lipinski definition) is 5. The normalized spacial score (nSPS) is 16.9. The molecule has 148 valence electrons. The highest BCUT2D eigenvalue weighted by Crippen LogP contribution is 2.30. The van der Waals surface area contributed by atoms with Crippen molar-refractivity contribution in [3.05, 3.63) is 59.7 Å². The van der Waals surface area contributed by atoms with Crippen LogP contribution in [0.4, 0.5) is 0 Å². The van der Waals surface area contributed by atoms with Crippen LogP contribution in [0.1, 0.15) is 11.1 Å². The fourth-order valence-electron chi connectivity index (χ4n) is 3.09. The molecule has 0 aliphatic carbocycles. The smallest absolute Gasteiger partial charge is 0.188 e. The van der Waals surface area contributed by atoms with Gasteiger partial charge in [-0.15, -0.1) is 0 Å². The molecule has 28 heavy (non-hydrogen) atoms. The molecule has 1 unspecified atom stereocenters. The zero-order valence-corrected chi connectivity index (χ0v) is 15.7. The summed E-state index contributed by atoms with van der Waals surface area (Å²) in [5.41, 5.74) is 13.3. The lowest BCUT2D eigenvalue weighted by atomic mass is 10.0. The SMILES string of the molecule is N=C(N)N1CCc2ccccc2C1.N=C(N)NCC1COc2ccccc2O1. The van der Waals surface area contributed by atoms with Gasteiger partial charge in [0.25, 0.3) is 0 Å². The minimum absolute atomic E-state index is 0.0579. The molecule has 0 spiro atoms. The van der Waals surface area contributed by atoms with Crippen LogP contribution in [0.25, 0.3) is 0 Å². The summed E-state index contributed by atoms with van der Waals surface area (Å²) in [6.07, 6.45) is 0.888. The fraction of sp³-hybridized carbons (Fsp3) is 0.300. The summed E-state index contributed by atoms with van der Waals surface area (Å²) in [5, 5.41) is 17.1. The lowest BCUT2D eigenvalue weighted by Gasteiger charge is -2.28. The third kappa shape index (κ3) is 5.06. The van der Waals surface area contributed by atoms with Gasteiger partial charge in [-0.25, -0.2) is 0 Å². The maximum absolute atomic E-state index is 7.33. The monoisotopic (exact) mass is 382 g/mol. The van der Waals surface area contributed by atoms with E-state index in [-0.39, 0.29) is 18.0 Å². The molecule has 0 aromatic heterocycles. The van der Waals surface area contributed by atoms with Crippen molar-refractivity contribution >= 4 is 11.9 Å². The van der Waals surface area contributed by atoms with Crippen molar-refractivity contribution in [2.24, 2.45) is 11.5 Å². The third-order valence-electron chi connectivity index (χ3n) is 4.56. The predicted molar refractivity (Wildman–Crippen MR) is 109 cm³/mol. The molecule has 2 aromatic carbocycles. The summed E-state index contributed by atoms with van der Waals surface area (Å²) in [6, 6.07) is 15.8. The molecule has 2 aliphatic rings.